The summed E-state index contributed by atoms with van der Waals surface area (Å²) in [6, 6.07) is 10.3. The second-order valence-electron chi connectivity index (χ2n) is 7.23. The summed E-state index contributed by atoms with van der Waals surface area (Å²) < 4.78 is 5.84. The third-order valence-corrected chi connectivity index (χ3v) is 5.33. The average molecular weight is 330 g/mol. The highest BCUT2D eigenvalue weighted by Crippen LogP contribution is 2.22. The van der Waals surface area contributed by atoms with E-state index in [1.165, 1.54) is 18.4 Å². The molecule has 24 heavy (non-hydrogen) atoms. The number of carbonyl (C=O) groups excluding carboxylic acids is 1. The topological polar surface area (TPSA) is 41.6 Å². The van der Waals surface area contributed by atoms with Crippen LogP contribution in [0.15, 0.2) is 30.3 Å². The minimum atomic E-state index is 0.346. The van der Waals surface area contributed by atoms with Gasteiger partial charge in [0.2, 0.25) is 5.91 Å². The van der Waals surface area contributed by atoms with E-state index < -0.39 is 0 Å². The van der Waals surface area contributed by atoms with Crippen LogP contribution >= 0.6 is 0 Å². The molecule has 2 aliphatic rings. The molecule has 1 atom stereocenters. The highest BCUT2D eigenvalue weighted by molar-refractivity contribution is 5.76. The molecule has 2 saturated heterocycles. The number of piperidine rings is 1. The minimum absolute atomic E-state index is 0.346. The molecule has 0 spiro atoms. The van der Waals surface area contributed by atoms with Crippen LogP contribution in [0.1, 0.15) is 37.7 Å². The quantitative estimate of drug-likeness (QED) is 0.836. The van der Waals surface area contributed by atoms with Gasteiger partial charge < -0.3 is 15.0 Å². The van der Waals surface area contributed by atoms with Crippen molar-refractivity contribution in [2.45, 2.75) is 38.7 Å². The lowest BCUT2D eigenvalue weighted by molar-refractivity contribution is -0.130. The van der Waals surface area contributed by atoms with Crippen LogP contribution in [0.2, 0.25) is 0 Å². The van der Waals surface area contributed by atoms with Gasteiger partial charge in [-0.05, 0) is 50.3 Å². The largest absolute Gasteiger partial charge is 0.376 e. The van der Waals surface area contributed by atoms with Crippen molar-refractivity contribution in [3.8, 4) is 0 Å². The van der Waals surface area contributed by atoms with Gasteiger partial charge in [0, 0.05) is 25.4 Å². The van der Waals surface area contributed by atoms with E-state index in [0.717, 1.165) is 58.0 Å². The molecule has 1 amide bonds. The average Bonchev–Trinajstić information content (AvgIpc) is 3.10. The maximum Gasteiger partial charge on any atom is 0.222 e. The number of rotatable bonds is 7. The van der Waals surface area contributed by atoms with Gasteiger partial charge in [-0.25, -0.2) is 0 Å². The first kappa shape index (κ1) is 17.4. The minimum Gasteiger partial charge on any atom is -0.376 e. The molecule has 0 radical (unpaired) electrons. The van der Waals surface area contributed by atoms with Crippen molar-refractivity contribution in [3.63, 3.8) is 0 Å². The molecule has 0 saturated carbocycles. The molecule has 3 rings (SSSR count). The predicted octanol–water partition coefficient (Wildman–Crippen LogP) is 2.83. The SMILES string of the molecule is O=C(CCC1CCNCC1)N1CCC(COCc2ccccc2)C1. The van der Waals surface area contributed by atoms with Crippen LogP contribution in [0.5, 0.6) is 0 Å². The normalized spacial score (nSPS) is 22.0. The van der Waals surface area contributed by atoms with Crippen molar-refractivity contribution in [1.29, 1.82) is 0 Å². The first-order chi connectivity index (χ1) is 11.8. The van der Waals surface area contributed by atoms with E-state index in [1.54, 1.807) is 0 Å². The first-order valence-corrected chi connectivity index (χ1v) is 9.41. The van der Waals surface area contributed by atoms with Gasteiger partial charge in [0.25, 0.3) is 0 Å². The Hall–Kier alpha value is -1.39. The van der Waals surface area contributed by atoms with E-state index in [4.69, 9.17) is 4.74 Å². The van der Waals surface area contributed by atoms with Crippen LogP contribution in [0.4, 0.5) is 0 Å². The van der Waals surface area contributed by atoms with Gasteiger partial charge in [0.05, 0.1) is 13.2 Å². The summed E-state index contributed by atoms with van der Waals surface area (Å²) in [6.07, 6.45) is 5.31. The zero-order valence-electron chi connectivity index (χ0n) is 14.6. The first-order valence-electron chi connectivity index (χ1n) is 9.41. The summed E-state index contributed by atoms with van der Waals surface area (Å²) in [5.41, 5.74) is 1.21. The second kappa shape index (κ2) is 9.19. The van der Waals surface area contributed by atoms with Crippen molar-refractivity contribution in [2.24, 2.45) is 11.8 Å². The Morgan fingerprint density at radius 3 is 2.71 bits per heavy atom. The lowest BCUT2D eigenvalue weighted by Crippen LogP contribution is -2.31. The van der Waals surface area contributed by atoms with Crippen molar-refractivity contribution in [2.75, 3.05) is 32.8 Å². The summed E-state index contributed by atoms with van der Waals surface area (Å²) >= 11 is 0. The zero-order chi connectivity index (χ0) is 16.6. The van der Waals surface area contributed by atoms with Crippen molar-refractivity contribution < 1.29 is 9.53 Å². The Bertz CT molecular complexity index is 500. The Morgan fingerprint density at radius 2 is 1.92 bits per heavy atom. The molecule has 1 aromatic carbocycles. The molecule has 1 unspecified atom stereocenters. The maximum atomic E-state index is 12.4. The maximum absolute atomic E-state index is 12.4. The molecule has 1 aromatic rings. The van der Waals surface area contributed by atoms with Crippen LogP contribution in [-0.4, -0.2) is 43.6 Å². The monoisotopic (exact) mass is 330 g/mol. The standard InChI is InChI=1S/C20H30N2O2/c23-20(7-6-17-8-11-21-12-9-17)22-13-10-19(14-22)16-24-15-18-4-2-1-3-5-18/h1-5,17,19,21H,6-16H2. The molecule has 0 bridgehead atoms. The fraction of sp³-hybridized carbons (Fsp3) is 0.650. The van der Waals surface area contributed by atoms with Gasteiger partial charge in [0.15, 0.2) is 0 Å². The third-order valence-electron chi connectivity index (χ3n) is 5.33. The summed E-state index contributed by atoms with van der Waals surface area (Å²) in [4.78, 5) is 14.5. The molecule has 2 aliphatic heterocycles. The van der Waals surface area contributed by atoms with Gasteiger partial charge in [-0.1, -0.05) is 30.3 Å². The molecule has 2 fully saturated rings. The van der Waals surface area contributed by atoms with Crippen LogP contribution < -0.4 is 5.32 Å². The van der Waals surface area contributed by atoms with E-state index in [2.05, 4.69) is 22.3 Å². The van der Waals surface area contributed by atoms with Crippen LogP contribution in [0, 0.1) is 11.8 Å². The van der Waals surface area contributed by atoms with E-state index in [9.17, 15) is 4.79 Å². The van der Waals surface area contributed by atoms with Gasteiger partial charge in [-0.15, -0.1) is 0 Å². The van der Waals surface area contributed by atoms with Crippen LogP contribution in [0.3, 0.4) is 0 Å². The Morgan fingerprint density at radius 1 is 1.12 bits per heavy atom. The molecule has 0 aliphatic carbocycles. The Labute approximate surface area is 145 Å². The smallest absolute Gasteiger partial charge is 0.222 e. The molecular formula is C20H30N2O2. The molecule has 132 valence electrons. The molecule has 4 heteroatoms. The van der Waals surface area contributed by atoms with Crippen molar-refractivity contribution in [3.05, 3.63) is 35.9 Å². The fourth-order valence-corrected chi connectivity index (χ4v) is 3.77. The third kappa shape index (κ3) is 5.32. The number of hydrogen-bond acceptors (Lipinski definition) is 3. The highest BCUT2D eigenvalue weighted by Gasteiger charge is 2.26. The summed E-state index contributed by atoms with van der Waals surface area (Å²) in [6.45, 7) is 5.44. The lowest BCUT2D eigenvalue weighted by Gasteiger charge is -2.23. The van der Waals surface area contributed by atoms with E-state index in [0.29, 0.717) is 18.4 Å². The van der Waals surface area contributed by atoms with Gasteiger partial charge in [0.1, 0.15) is 0 Å². The number of amides is 1. The molecule has 1 N–H and O–H groups in total. The highest BCUT2D eigenvalue weighted by atomic mass is 16.5. The zero-order valence-corrected chi connectivity index (χ0v) is 14.6. The summed E-state index contributed by atoms with van der Waals surface area (Å²) in [7, 11) is 0. The summed E-state index contributed by atoms with van der Waals surface area (Å²) in [5, 5.41) is 3.39. The van der Waals surface area contributed by atoms with Crippen molar-refractivity contribution >= 4 is 5.91 Å². The van der Waals surface area contributed by atoms with E-state index in [-0.39, 0.29) is 0 Å². The van der Waals surface area contributed by atoms with Crippen LogP contribution in [0.25, 0.3) is 0 Å². The number of carbonyl (C=O) groups is 1. The lowest BCUT2D eigenvalue weighted by atomic mass is 9.93. The van der Waals surface area contributed by atoms with E-state index >= 15 is 0 Å². The number of benzene rings is 1. The Balaban J connectivity index is 1.31. The van der Waals surface area contributed by atoms with Crippen molar-refractivity contribution in [1.82, 2.24) is 10.2 Å². The number of ether oxygens (including phenoxy) is 1. The van der Waals surface area contributed by atoms with Gasteiger partial charge in [-0.3, -0.25) is 4.79 Å². The van der Waals surface area contributed by atoms with Crippen LogP contribution in [-0.2, 0) is 16.1 Å². The summed E-state index contributed by atoms with van der Waals surface area (Å²) in [5.74, 6) is 1.58. The fourth-order valence-electron chi connectivity index (χ4n) is 3.77. The second-order valence-corrected chi connectivity index (χ2v) is 7.23. The molecule has 0 aromatic heterocycles. The number of nitrogens with one attached hydrogen (secondary N) is 1. The number of likely N-dealkylation sites (tertiary alicyclic amines) is 1. The Kier molecular flexibility index (Phi) is 6.67. The van der Waals surface area contributed by atoms with Gasteiger partial charge >= 0.3 is 0 Å². The number of nitrogens with zero attached hydrogens (tertiary/aromatic N) is 1. The molecule has 4 nitrogen and oxygen atoms in total. The number of hydrogen-bond donors (Lipinski definition) is 1. The molecule has 2 heterocycles. The molecular weight excluding hydrogens is 300 g/mol. The van der Waals surface area contributed by atoms with Gasteiger partial charge in [-0.2, -0.15) is 0 Å². The predicted molar refractivity (Wildman–Crippen MR) is 95.6 cm³/mol. The van der Waals surface area contributed by atoms with E-state index in [1.807, 2.05) is 18.2 Å².